The van der Waals surface area contributed by atoms with Crippen LogP contribution in [0.5, 0.6) is 0 Å². The quantitative estimate of drug-likeness (QED) is 0.515. The Balaban J connectivity index is 1.88. The first-order valence-corrected chi connectivity index (χ1v) is 9.35. The normalized spacial score (nSPS) is 11.4. The molecule has 2 aromatic rings. The molecule has 0 radical (unpaired) electrons. The van der Waals surface area contributed by atoms with Gasteiger partial charge in [0.15, 0.2) is 5.96 Å². The molecule has 0 aliphatic carbocycles. The van der Waals surface area contributed by atoms with Crippen LogP contribution < -0.4 is 16.0 Å². The highest BCUT2D eigenvalue weighted by Crippen LogP contribution is 2.12. The fourth-order valence-corrected chi connectivity index (χ4v) is 2.74. The molecule has 0 fully saturated rings. The maximum absolute atomic E-state index is 11.9. The summed E-state index contributed by atoms with van der Waals surface area (Å²) in [5, 5.41) is 9.60. The van der Waals surface area contributed by atoms with Crippen molar-refractivity contribution in [3.05, 3.63) is 65.2 Å². The lowest BCUT2D eigenvalue weighted by Crippen LogP contribution is -2.36. The fourth-order valence-electron chi connectivity index (χ4n) is 2.74. The number of benzene rings is 2. The van der Waals surface area contributed by atoms with Crippen molar-refractivity contribution in [2.75, 3.05) is 12.4 Å². The van der Waals surface area contributed by atoms with E-state index in [0.29, 0.717) is 18.9 Å². The smallest absolute Gasteiger partial charge is 0.224 e. The van der Waals surface area contributed by atoms with Gasteiger partial charge < -0.3 is 16.0 Å². The highest BCUT2D eigenvalue weighted by molar-refractivity contribution is 5.90. The second-order valence-corrected chi connectivity index (χ2v) is 7.05. The lowest BCUT2D eigenvalue weighted by Gasteiger charge is -2.14. The van der Waals surface area contributed by atoms with Gasteiger partial charge >= 0.3 is 0 Å². The van der Waals surface area contributed by atoms with Gasteiger partial charge in [0.1, 0.15) is 0 Å². The number of rotatable bonds is 7. The molecule has 0 saturated heterocycles. The zero-order valence-electron chi connectivity index (χ0n) is 16.7. The maximum atomic E-state index is 11.9. The van der Waals surface area contributed by atoms with E-state index in [2.05, 4.69) is 40.0 Å². The molecule has 0 bridgehead atoms. The molecule has 0 unspecified atom stereocenters. The minimum atomic E-state index is 0.0471. The molecule has 5 nitrogen and oxygen atoms in total. The van der Waals surface area contributed by atoms with Crippen LogP contribution in [-0.4, -0.2) is 18.9 Å². The number of aliphatic imine (C=N–C) groups is 1. The lowest BCUT2D eigenvalue weighted by atomic mass is 10.1. The second kappa shape index (κ2) is 10.4. The monoisotopic (exact) mass is 366 g/mol. The van der Waals surface area contributed by atoms with E-state index in [1.54, 1.807) is 7.05 Å². The van der Waals surface area contributed by atoms with Crippen molar-refractivity contribution in [2.45, 2.75) is 40.3 Å². The summed E-state index contributed by atoms with van der Waals surface area (Å²) < 4.78 is 0. The minimum Gasteiger partial charge on any atom is -0.352 e. The number of nitrogens with one attached hydrogen (secondary N) is 3. The Bertz CT molecular complexity index is 783. The Kier molecular flexibility index (Phi) is 7.86. The summed E-state index contributed by atoms with van der Waals surface area (Å²) in [5.74, 6) is 1.14. The van der Waals surface area contributed by atoms with E-state index in [4.69, 9.17) is 0 Å². The molecule has 3 N–H and O–H groups in total. The Morgan fingerprint density at radius 2 is 1.78 bits per heavy atom. The molecule has 0 heterocycles. The predicted octanol–water partition coefficient (Wildman–Crippen LogP) is 3.84. The molecule has 0 atom stereocenters. The first-order chi connectivity index (χ1) is 13.0. The Morgan fingerprint density at radius 1 is 1.04 bits per heavy atom. The van der Waals surface area contributed by atoms with E-state index in [1.165, 1.54) is 11.1 Å². The van der Waals surface area contributed by atoms with Crippen LogP contribution in [0.25, 0.3) is 0 Å². The molecule has 144 valence electrons. The van der Waals surface area contributed by atoms with Crippen molar-refractivity contribution in [1.82, 2.24) is 10.6 Å². The average Bonchev–Trinajstić information content (AvgIpc) is 2.62. The van der Waals surface area contributed by atoms with Gasteiger partial charge in [0.25, 0.3) is 0 Å². The van der Waals surface area contributed by atoms with Crippen LogP contribution in [0.1, 0.15) is 37.0 Å². The number of guanidine groups is 1. The third-order valence-corrected chi connectivity index (χ3v) is 4.20. The number of hydrogen-bond acceptors (Lipinski definition) is 2. The number of carbonyl (C=O) groups excluding carboxylic acids is 1. The zero-order valence-corrected chi connectivity index (χ0v) is 16.7. The minimum absolute atomic E-state index is 0.0471. The summed E-state index contributed by atoms with van der Waals surface area (Å²) in [7, 11) is 1.76. The van der Waals surface area contributed by atoms with E-state index in [1.807, 2.05) is 50.2 Å². The van der Waals surface area contributed by atoms with Crippen molar-refractivity contribution >= 4 is 17.6 Å². The SMILES string of the molecule is CN=C(NCc1cccc(NC(=O)CC(C)C)c1)NCc1ccccc1C. The summed E-state index contributed by atoms with van der Waals surface area (Å²) >= 11 is 0. The number of amides is 1. The third kappa shape index (κ3) is 7.13. The molecular formula is C22H30N4O. The average molecular weight is 367 g/mol. The molecular weight excluding hydrogens is 336 g/mol. The fraction of sp³-hybridized carbons (Fsp3) is 0.364. The summed E-state index contributed by atoms with van der Waals surface area (Å²) in [6.45, 7) is 7.52. The molecule has 27 heavy (non-hydrogen) atoms. The maximum Gasteiger partial charge on any atom is 0.224 e. The van der Waals surface area contributed by atoms with Crippen molar-refractivity contribution in [2.24, 2.45) is 10.9 Å². The van der Waals surface area contributed by atoms with E-state index in [-0.39, 0.29) is 5.91 Å². The molecule has 0 aliphatic rings. The Hall–Kier alpha value is -2.82. The first kappa shape index (κ1) is 20.5. The largest absolute Gasteiger partial charge is 0.352 e. The van der Waals surface area contributed by atoms with Crippen LogP contribution in [0.3, 0.4) is 0 Å². The van der Waals surface area contributed by atoms with Crippen molar-refractivity contribution in [1.29, 1.82) is 0 Å². The van der Waals surface area contributed by atoms with Gasteiger partial charge in [-0.2, -0.15) is 0 Å². The molecule has 5 heteroatoms. The highest BCUT2D eigenvalue weighted by atomic mass is 16.1. The van der Waals surface area contributed by atoms with E-state index in [0.717, 1.165) is 23.8 Å². The number of hydrogen-bond donors (Lipinski definition) is 3. The second-order valence-electron chi connectivity index (χ2n) is 7.05. The van der Waals surface area contributed by atoms with Gasteiger partial charge in [-0.05, 0) is 41.7 Å². The van der Waals surface area contributed by atoms with Crippen LogP contribution in [0.15, 0.2) is 53.5 Å². The highest BCUT2D eigenvalue weighted by Gasteiger charge is 2.06. The predicted molar refractivity (Wildman–Crippen MR) is 113 cm³/mol. The molecule has 1 amide bonds. The van der Waals surface area contributed by atoms with Gasteiger partial charge in [-0.3, -0.25) is 9.79 Å². The van der Waals surface area contributed by atoms with Crippen molar-refractivity contribution in [3.8, 4) is 0 Å². The van der Waals surface area contributed by atoms with E-state index < -0.39 is 0 Å². The Morgan fingerprint density at radius 3 is 2.48 bits per heavy atom. The van der Waals surface area contributed by atoms with Gasteiger partial charge in [-0.25, -0.2) is 0 Å². The molecule has 2 rings (SSSR count). The zero-order chi connectivity index (χ0) is 19.6. The summed E-state index contributed by atoms with van der Waals surface area (Å²) in [6.07, 6.45) is 0.526. The van der Waals surface area contributed by atoms with Gasteiger partial charge in [-0.1, -0.05) is 50.2 Å². The van der Waals surface area contributed by atoms with E-state index >= 15 is 0 Å². The van der Waals surface area contributed by atoms with Crippen molar-refractivity contribution in [3.63, 3.8) is 0 Å². The van der Waals surface area contributed by atoms with Crippen molar-refractivity contribution < 1.29 is 4.79 Å². The number of nitrogens with zero attached hydrogens (tertiary/aromatic N) is 1. The molecule has 2 aromatic carbocycles. The van der Waals surface area contributed by atoms with Gasteiger partial charge in [0.2, 0.25) is 5.91 Å². The summed E-state index contributed by atoms with van der Waals surface area (Å²) in [4.78, 5) is 16.2. The summed E-state index contributed by atoms with van der Waals surface area (Å²) in [6, 6.07) is 16.2. The number of carbonyl (C=O) groups is 1. The molecule has 0 saturated carbocycles. The summed E-state index contributed by atoms with van der Waals surface area (Å²) in [5.41, 5.74) is 4.40. The Labute approximate surface area is 162 Å². The van der Waals surface area contributed by atoms with Crippen LogP contribution in [-0.2, 0) is 17.9 Å². The standard InChI is InChI=1S/C22H30N4O/c1-16(2)12-21(27)26-20-11-7-9-18(13-20)14-24-22(23-4)25-15-19-10-6-5-8-17(19)3/h5-11,13,16H,12,14-15H2,1-4H3,(H,26,27)(H2,23,24,25). The number of aryl methyl sites for hydroxylation is 1. The van der Waals surface area contributed by atoms with Crippen LogP contribution in [0, 0.1) is 12.8 Å². The van der Waals surface area contributed by atoms with Crippen LogP contribution in [0.2, 0.25) is 0 Å². The lowest BCUT2D eigenvalue weighted by molar-refractivity contribution is -0.116. The molecule has 0 spiro atoms. The van der Waals surface area contributed by atoms with Gasteiger partial charge in [0, 0.05) is 32.2 Å². The first-order valence-electron chi connectivity index (χ1n) is 9.35. The molecule has 0 aliphatic heterocycles. The topological polar surface area (TPSA) is 65.5 Å². The van der Waals surface area contributed by atoms with Gasteiger partial charge in [0.05, 0.1) is 0 Å². The van der Waals surface area contributed by atoms with E-state index in [9.17, 15) is 4.79 Å². The van der Waals surface area contributed by atoms with Crippen LogP contribution in [0.4, 0.5) is 5.69 Å². The third-order valence-electron chi connectivity index (χ3n) is 4.20. The van der Waals surface area contributed by atoms with Crippen LogP contribution >= 0.6 is 0 Å². The number of anilines is 1. The van der Waals surface area contributed by atoms with Gasteiger partial charge in [-0.15, -0.1) is 0 Å². The molecule has 0 aromatic heterocycles.